The van der Waals surface area contributed by atoms with Crippen LogP contribution in [0.4, 0.5) is 0 Å². The summed E-state index contributed by atoms with van der Waals surface area (Å²) in [6.07, 6.45) is 4.60. The van der Waals surface area contributed by atoms with Gasteiger partial charge in [-0.25, -0.2) is 8.42 Å². The Morgan fingerprint density at radius 2 is 1.72 bits per heavy atom. The summed E-state index contributed by atoms with van der Waals surface area (Å²) < 4.78 is 28.2. The van der Waals surface area contributed by atoms with E-state index < -0.39 is 10.0 Å². The van der Waals surface area contributed by atoms with Gasteiger partial charge in [0.2, 0.25) is 10.0 Å². The number of ketones is 1. The highest BCUT2D eigenvalue weighted by Crippen LogP contribution is 2.30. The second-order valence-corrected chi connectivity index (χ2v) is 12.8. The van der Waals surface area contributed by atoms with Crippen molar-refractivity contribution in [3.8, 4) is 0 Å². The minimum atomic E-state index is -3.63. The first-order chi connectivity index (χ1) is 17.3. The summed E-state index contributed by atoms with van der Waals surface area (Å²) in [6.45, 7) is 7.97. The number of carbonyl (C=O) groups is 1. The molecule has 0 spiro atoms. The summed E-state index contributed by atoms with van der Waals surface area (Å²) >= 11 is 6.54. The van der Waals surface area contributed by atoms with Crippen LogP contribution in [-0.2, 0) is 10.0 Å². The normalized spacial score (nSPS) is 22.9. The molecule has 0 bridgehead atoms. The highest BCUT2D eigenvalue weighted by atomic mass is 35.5. The molecule has 4 rings (SSSR count). The number of hydrogen-bond acceptors (Lipinski definition) is 5. The molecule has 8 heteroatoms. The maximum atomic E-state index is 13.3. The molecule has 0 amide bonds. The number of rotatable bonds is 9. The van der Waals surface area contributed by atoms with Crippen molar-refractivity contribution in [2.45, 2.75) is 50.5 Å². The molecule has 196 valence electrons. The monoisotopic (exact) mass is 531 g/mol. The molecule has 2 aliphatic rings. The van der Waals surface area contributed by atoms with Gasteiger partial charge >= 0.3 is 0 Å². The average molecular weight is 532 g/mol. The lowest BCUT2D eigenvalue weighted by Gasteiger charge is -2.35. The largest absolute Gasteiger partial charge is 0.308 e. The van der Waals surface area contributed by atoms with E-state index in [4.69, 9.17) is 11.6 Å². The molecule has 0 aliphatic carbocycles. The minimum Gasteiger partial charge on any atom is -0.308 e. The molecule has 2 aliphatic heterocycles. The van der Waals surface area contributed by atoms with Gasteiger partial charge in [-0.05, 0) is 68.0 Å². The van der Waals surface area contributed by atoms with Crippen molar-refractivity contribution in [3.05, 3.63) is 64.7 Å². The zero-order chi connectivity index (χ0) is 25.7. The molecule has 0 radical (unpaired) electrons. The van der Waals surface area contributed by atoms with E-state index in [1.807, 2.05) is 18.2 Å². The van der Waals surface area contributed by atoms with Gasteiger partial charge in [0.05, 0.1) is 11.4 Å². The molecule has 3 unspecified atom stereocenters. The van der Waals surface area contributed by atoms with Gasteiger partial charge in [0.15, 0.2) is 5.78 Å². The zero-order valence-corrected chi connectivity index (χ0v) is 22.9. The van der Waals surface area contributed by atoms with Gasteiger partial charge in [-0.3, -0.25) is 9.69 Å². The summed E-state index contributed by atoms with van der Waals surface area (Å²) in [4.78, 5) is 15.7. The Balaban J connectivity index is 1.43. The van der Waals surface area contributed by atoms with Gasteiger partial charge in [0.1, 0.15) is 0 Å². The third-order valence-corrected chi connectivity index (χ3v) is 9.52. The van der Waals surface area contributed by atoms with Crippen molar-refractivity contribution in [1.82, 2.24) is 14.5 Å². The smallest absolute Gasteiger partial charge is 0.243 e. The van der Waals surface area contributed by atoms with Crippen LogP contribution in [0.1, 0.15) is 61.5 Å². The van der Waals surface area contributed by atoms with Crippen LogP contribution in [0, 0.1) is 11.8 Å². The summed E-state index contributed by atoms with van der Waals surface area (Å²) in [5.41, 5.74) is 1.48. The van der Waals surface area contributed by atoms with Crippen molar-refractivity contribution < 1.29 is 13.2 Å². The van der Waals surface area contributed by atoms with Crippen LogP contribution >= 0.6 is 11.6 Å². The van der Waals surface area contributed by atoms with Crippen LogP contribution in [0.3, 0.4) is 0 Å². The molecular formula is C28H38ClN3O3S. The minimum absolute atomic E-state index is 0.0848. The van der Waals surface area contributed by atoms with E-state index in [-0.39, 0.29) is 23.3 Å². The van der Waals surface area contributed by atoms with Gasteiger partial charge in [0, 0.05) is 36.3 Å². The number of sulfonamides is 1. The number of halogens is 1. The van der Waals surface area contributed by atoms with E-state index in [2.05, 4.69) is 30.1 Å². The number of nitrogens with one attached hydrogen (secondary N) is 1. The lowest BCUT2D eigenvalue weighted by molar-refractivity contribution is 0.0983. The Labute approximate surface area is 221 Å². The highest BCUT2D eigenvalue weighted by molar-refractivity contribution is 7.89. The third-order valence-electron chi connectivity index (χ3n) is 7.35. The molecule has 2 aromatic carbocycles. The molecule has 1 N–H and O–H groups in total. The number of benzene rings is 2. The van der Waals surface area contributed by atoms with Crippen molar-refractivity contribution in [3.63, 3.8) is 0 Å². The van der Waals surface area contributed by atoms with Crippen LogP contribution in [0.2, 0.25) is 5.02 Å². The third kappa shape index (κ3) is 6.56. The molecule has 2 aromatic rings. The van der Waals surface area contributed by atoms with Crippen LogP contribution in [0.5, 0.6) is 0 Å². The van der Waals surface area contributed by atoms with Gasteiger partial charge in [-0.15, -0.1) is 0 Å². The van der Waals surface area contributed by atoms with Gasteiger partial charge < -0.3 is 5.32 Å². The number of hydrogen-bond donors (Lipinski definition) is 1. The summed E-state index contributed by atoms with van der Waals surface area (Å²) in [5, 5.41) is 4.07. The lowest BCUT2D eigenvalue weighted by Crippen LogP contribution is -2.42. The molecule has 2 fully saturated rings. The van der Waals surface area contributed by atoms with Crippen LogP contribution < -0.4 is 5.32 Å². The standard InChI is InChI=1S/C28H38ClN3O3S/c1-21-15-22(2)20-32(19-21)36(34,35)24-10-8-9-23(16-24)28(33)18-30-17-27(31-13-6-3-7-14-31)25-11-4-5-12-26(25)29/h4-5,8-12,16,21-22,27,30H,3,6-7,13-15,17-20H2,1-2H3. The maximum absolute atomic E-state index is 13.3. The van der Waals surface area contributed by atoms with Crippen LogP contribution in [-0.4, -0.2) is 62.7 Å². The van der Waals surface area contributed by atoms with Crippen LogP contribution in [0.15, 0.2) is 53.4 Å². The molecule has 0 saturated carbocycles. The van der Waals surface area contributed by atoms with Gasteiger partial charge in [-0.1, -0.05) is 62.2 Å². The summed E-state index contributed by atoms with van der Waals surface area (Å²) in [5.74, 6) is 0.524. The fourth-order valence-electron chi connectivity index (χ4n) is 5.62. The first-order valence-corrected chi connectivity index (χ1v) is 14.9. The number of carbonyl (C=O) groups excluding carboxylic acids is 1. The Kier molecular flexibility index (Phi) is 9.23. The van der Waals surface area contributed by atoms with E-state index in [0.29, 0.717) is 37.0 Å². The number of nitrogens with zero attached hydrogens (tertiary/aromatic N) is 2. The molecule has 2 saturated heterocycles. The van der Waals surface area contributed by atoms with Crippen molar-refractivity contribution in [1.29, 1.82) is 0 Å². The Morgan fingerprint density at radius 3 is 2.42 bits per heavy atom. The molecule has 36 heavy (non-hydrogen) atoms. The van der Waals surface area contributed by atoms with Gasteiger partial charge in [0.25, 0.3) is 0 Å². The number of likely N-dealkylation sites (tertiary alicyclic amines) is 1. The first kappa shape index (κ1) is 27.3. The van der Waals surface area contributed by atoms with Crippen molar-refractivity contribution in [2.24, 2.45) is 11.8 Å². The number of piperidine rings is 2. The average Bonchev–Trinajstić information content (AvgIpc) is 2.87. The maximum Gasteiger partial charge on any atom is 0.243 e. The zero-order valence-electron chi connectivity index (χ0n) is 21.3. The molecule has 0 aromatic heterocycles. The fourth-order valence-corrected chi connectivity index (χ4v) is 7.60. The summed E-state index contributed by atoms with van der Waals surface area (Å²) in [7, 11) is -3.63. The Hall–Kier alpha value is -1.77. The predicted molar refractivity (Wildman–Crippen MR) is 145 cm³/mol. The first-order valence-electron chi connectivity index (χ1n) is 13.1. The van der Waals surface area contributed by atoms with Crippen molar-refractivity contribution in [2.75, 3.05) is 39.3 Å². The molecule has 2 heterocycles. The molecule has 3 atom stereocenters. The van der Waals surface area contributed by atoms with E-state index in [9.17, 15) is 13.2 Å². The fraction of sp³-hybridized carbons (Fsp3) is 0.536. The quantitative estimate of drug-likeness (QED) is 0.461. The number of Topliss-reactive ketones (excluding diaryl/α,β-unsaturated/α-hetero) is 1. The Morgan fingerprint density at radius 1 is 1.03 bits per heavy atom. The second kappa shape index (κ2) is 12.2. The molecular weight excluding hydrogens is 494 g/mol. The van der Waals surface area contributed by atoms with Crippen LogP contribution in [0.25, 0.3) is 0 Å². The second-order valence-electron chi connectivity index (χ2n) is 10.5. The van der Waals surface area contributed by atoms with Crippen molar-refractivity contribution >= 4 is 27.4 Å². The van der Waals surface area contributed by atoms with E-state index in [1.54, 1.807) is 22.5 Å². The van der Waals surface area contributed by atoms with E-state index in [0.717, 1.165) is 42.9 Å². The highest BCUT2D eigenvalue weighted by Gasteiger charge is 2.32. The van der Waals surface area contributed by atoms with E-state index >= 15 is 0 Å². The predicted octanol–water partition coefficient (Wildman–Crippen LogP) is 5.01. The molecule has 6 nitrogen and oxygen atoms in total. The topological polar surface area (TPSA) is 69.7 Å². The lowest BCUT2D eigenvalue weighted by atomic mass is 9.94. The Bertz CT molecular complexity index is 1140. The summed E-state index contributed by atoms with van der Waals surface area (Å²) in [6, 6.07) is 14.5. The van der Waals surface area contributed by atoms with Gasteiger partial charge in [-0.2, -0.15) is 4.31 Å². The SMILES string of the molecule is CC1CC(C)CN(S(=O)(=O)c2cccc(C(=O)CNCC(c3ccccc3Cl)N3CCCCC3)c2)C1. The van der Waals surface area contributed by atoms with E-state index in [1.165, 1.54) is 12.5 Å².